The number of hydrogen-bond donors (Lipinski definition) is 3. The third kappa shape index (κ3) is 7.52. The van der Waals surface area contributed by atoms with Gasteiger partial charge in [-0.25, -0.2) is 0 Å². The van der Waals surface area contributed by atoms with Gasteiger partial charge in [0.15, 0.2) is 0 Å². The third-order valence-electron chi connectivity index (χ3n) is 1.52. The maximum absolute atomic E-state index is 5.61. The Morgan fingerprint density at radius 2 is 2.27 bits per heavy atom. The quantitative estimate of drug-likeness (QED) is 0.355. The van der Waals surface area contributed by atoms with E-state index in [2.05, 4.69) is 11.9 Å². The first-order valence-corrected chi connectivity index (χ1v) is 4.08. The minimum Gasteiger partial charge on any atom is -0.329 e. The second-order valence-electron chi connectivity index (χ2n) is 2.63. The van der Waals surface area contributed by atoms with Gasteiger partial charge >= 0.3 is 0 Å². The molecule has 0 rings (SSSR count). The van der Waals surface area contributed by atoms with E-state index >= 15 is 0 Å². The molecule has 0 heterocycles. The molecule has 0 spiro atoms. The molecule has 0 saturated carbocycles. The van der Waals surface area contributed by atoms with Crippen molar-refractivity contribution in [1.29, 1.82) is 0 Å². The van der Waals surface area contributed by atoms with Crippen molar-refractivity contribution in [3.8, 4) is 0 Å². The Hall–Kier alpha value is -0.380. The first kappa shape index (κ1) is 10.6. The molecule has 1 unspecified atom stereocenters. The van der Waals surface area contributed by atoms with Crippen molar-refractivity contribution >= 4 is 0 Å². The Labute approximate surface area is 68.8 Å². The first-order valence-electron chi connectivity index (χ1n) is 4.08. The van der Waals surface area contributed by atoms with Gasteiger partial charge in [-0.05, 0) is 19.4 Å². The average molecular weight is 157 g/mol. The van der Waals surface area contributed by atoms with E-state index in [-0.39, 0.29) is 6.04 Å². The summed E-state index contributed by atoms with van der Waals surface area (Å²) < 4.78 is 0. The summed E-state index contributed by atoms with van der Waals surface area (Å²) in [5.41, 5.74) is 11.0. The molecule has 0 bridgehead atoms. The smallest absolute Gasteiger partial charge is 0.0163 e. The van der Waals surface area contributed by atoms with Crippen LogP contribution in [0, 0.1) is 0 Å². The Morgan fingerprint density at radius 1 is 1.55 bits per heavy atom. The summed E-state index contributed by atoms with van der Waals surface area (Å²) in [7, 11) is 0. The van der Waals surface area contributed by atoms with E-state index in [9.17, 15) is 0 Å². The third-order valence-corrected chi connectivity index (χ3v) is 1.52. The fourth-order valence-electron chi connectivity index (χ4n) is 0.811. The Morgan fingerprint density at radius 3 is 2.82 bits per heavy atom. The molecule has 0 fully saturated rings. The fourth-order valence-corrected chi connectivity index (χ4v) is 0.811. The van der Waals surface area contributed by atoms with Gasteiger partial charge in [-0.1, -0.05) is 6.08 Å². The van der Waals surface area contributed by atoms with E-state index in [1.54, 1.807) is 0 Å². The van der Waals surface area contributed by atoms with Crippen LogP contribution in [0.3, 0.4) is 0 Å². The number of rotatable bonds is 7. The lowest BCUT2D eigenvalue weighted by Gasteiger charge is -2.07. The molecule has 3 nitrogen and oxygen atoms in total. The molecule has 0 aliphatic heterocycles. The minimum absolute atomic E-state index is 0.167. The number of hydrogen-bond acceptors (Lipinski definition) is 3. The van der Waals surface area contributed by atoms with Crippen LogP contribution in [0.1, 0.15) is 12.8 Å². The first-order chi connectivity index (χ1) is 5.31. The van der Waals surface area contributed by atoms with Gasteiger partial charge in [0.1, 0.15) is 0 Å². The number of nitrogens with one attached hydrogen (secondary N) is 1. The number of nitrogens with two attached hydrogens (primary N) is 2. The highest BCUT2D eigenvalue weighted by atomic mass is 14.8. The molecule has 3 heteroatoms. The summed E-state index contributed by atoms with van der Waals surface area (Å²) in [6.45, 7) is 6.06. The lowest BCUT2D eigenvalue weighted by Crippen LogP contribution is -2.30. The standard InChI is InChI=1S/C8H19N3/c1-2-5-11-6-3-4-8(10)7-9/h2,8,11H,1,3-7,9-10H2. The van der Waals surface area contributed by atoms with E-state index in [4.69, 9.17) is 11.5 Å². The lowest BCUT2D eigenvalue weighted by atomic mass is 10.2. The van der Waals surface area contributed by atoms with Gasteiger partial charge in [-0.2, -0.15) is 0 Å². The van der Waals surface area contributed by atoms with Crippen molar-refractivity contribution in [2.45, 2.75) is 18.9 Å². The average Bonchev–Trinajstić information content (AvgIpc) is 2.04. The second-order valence-corrected chi connectivity index (χ2v) is 2.63. The van der Waals surface area contributed by atoms with Gasteiger partial charge in [-0.3, -0.25) is 0 Å². The lowest BCUT2D eigenvalue weighted by molar-refractivity contribution is 0.567. The molecule has 5 N–H and O–H groups in total. The highest BCUT2D eigenvalue weighted by Crippen LogP contribution is 1.90. The van der Waals surface area contributed by atoms with Crippen LogP contribution in [-0.2, 0) is 0 Å². The van der Waals surface area contributed by atoms with Crippen molar-refractivity contribution in [3.63, 3.8) is 0 Å². The molecule has 0 aliphatic rings. The van der Waals surface area contributed by atoms with Crippen LogP contribution in [0.5, 0.6) is 0 Å². The monoisotopic (exact) mass is 157 g/mol. The van der Waals surface area contributed by atoms with Gasteiger partial charge in [0.2, 0.25) is 0 Å². The molecule has 0 aromatic heterocycles. The van der Waals surface area contributed by atoms with E-state index in [1.807, 2.05) is 6.08 Å². The van der Waals surface area contributed by atoms with Crippen molar-refractivity contribution in [1.82, 2.24) is 5.32 Å². The predicted octanol–water partition coefficient (Wildman–Crippen LogP) is -0.172. The summed E-state index contributed by atoms with van der Waals surface area (Å²) in [6, 6.07) is 0.167. The maximum atomic E-state index is 5.61. The molecular formula is C8H19N3. The van der Waals surface area contributed by atoms with Gasteiger partial charge in [0.25, 0.3) is 0 Å². The molecule has 0 saturated heterocycles. The van der Waals surface area contributed by atoms with Gasteiger partial charge < -0.3 is 16.8 Å². The van der Waals surface area contributed by atoms with E-state index in [0.29, 0.717) is 6.54 Å². The van der Waals surface area contributed by atoms with E-state index in [1.165, 1.54) is 0 Å². The molecule has 0 aromatic carbocycles. The summed E-state index contributed by atoms with van der Waals surface area (Å²) >= 11 is 0. The van der Waals surface area contributed by atoms with Crippen molar-refractivity contribution in [3.05, 3.63) is 12.7 Å². The van der Waals surface area contributed by atoms with Crippen molar-refractivity contribution < 1.29 is 0 Å². The van der Waals surface area contributed by atoms with E-state index in [0.717, 1.165) is 25.9 Å². The zero-order valence-electron chi connectivity index (χ0n) is 7.05. The SMILES string of the molecule is C=CCNCCCC(N)CN. The van der Waals surface area contributed by atoms with E-state index < -0.39 is 0 Å². The van der Waals surface area contributed by atoms with Crippen LogP contribution in [0.2, 0.25) is 0 Å². The Kier molecular flexibility index (Phi) is 7.46. The summed E-state index contributed by atoms with van der Waals surface area (Å²) in [5, 5.41) is 3.20. The fraction of sp³-hybridized carbons (Fsp3) is 0.750. The highest BCUT2D eigenvalue weighted by Gasteiger charge is 1.96. The van der Waals surface area contributed by atoms with Crippen LogP contribution in [0.25, 0.3) is 0 Å². The molecule has 0 aromatic rings. The molecule has 1 atom stereocenters. The normalized spacial score (nSPS) is 12.9. The molecule has 11 heavy (non-hydrogen) atoms. The van der Waals surface area contributed by atoms with Crippen LogP contribution >= 0.6 is 0 Å². The van der Waals surface area contributed by atoms with Crippen LogP contribution < -0.4 is 16.8 Å². The summed E-state index contributed by atoms with van der Waals surface area (Å²) in [6.07, 6.45) is 3.94. The summed E-state index contributed by atoms with van der Waals surface area (Å²) in [5.74, 6) is 0. The topological polar surface area (TPSA) is 64.1 Å². The van der Waals surface area contributed by atoms with Gasteiger partial charge in [0, 0.05) is 19.1 Å². The summed E-state index contributed by atoms with van der Waals surface area (Å²) in [4.78, 5) is 0. The molecule has 0 aliphatic carbocycles. The van der Waals surface area contributed by atoms with Crippen LogP contribution in [-0.4, -0.2) is 25.7 Å². The van der Waals surface area contributed by atoms with Crippen molar-refractivity contribution in [2.75, 3.05) is 19.6 Å². The zero-order chi connectivity index (χ0) is 8.53. The largest absolute Gasteiger partial charge is 0.329 e. The molecule has 0 amide bonds. The predicted molar refractivity (Wildman–Crippen MR) is 49.3 cm³/mol. The van der Waals surface area contributed by atoms with Crippen molar-refractivity contribution in [2.24, 2.45) is 11.5 Å². The van der Waals surface area contributed by atoms with Gasteiger partial charge in [-0.15, -0.1) is 6.58 Å². The highest BCUT2D eigenvalue weighted by molar-refractivity contribution is 4.70. The van der Waals surface area contributed by atoms with Crippen LogP contribution in [0.15, 0.2) is 12.7 Å². The molecule has 66 valence electrons. The molecular weight excluding hydrogens is 138 g/mol. The zero-order valence-corrected chi connectivity index (χ0v) is 7.05. The molecule has 0 radical (unpaired) electrons. The maximum Gasteiger partial charge on any atom is 0.0163 e. The Bertz CT molecular complexity index is 93.3. The van der Waals surface area contributed by atoms with Crippen LogP contribution in [0.4, 0.5) is 0 Å². The minimum atomic E-state index is 0.167. The van der Waals surface area contributed by atoms with Gasteiger partial charge in [0.05, 0.1) is 0 Å². The Balaban J connectivity index is 2.95. The second kappa shape index (κ2) is 7.72.